The fourth-order valence-corrected chi connectivity index (χ4v) is 0.785. The van der Waals surface area contributed by atoms with Crippen LogP contribution in [0.5, 0.6) is 0 Å². The van der Waals surface area contributed by atoms with E-state index in [1.807, 2.05) is 26.8 Å². The summed E-state index contributed by atoms with van der Waals surface area (Å²) in [6.07, 6.45) is 0. The molecule has 0 heterocycles. The monoisotopic (exact) mass is 195 g/mol. The van der Waals surface area contributed by atoms with Crippen LogP contribution in [0.3, 0.4) is 0 Å². The van der Waals surface area contributed by atoms with Gasteiger partial charge in [-0.1, -0.05) is 18.2 Å². The van der Waals surface area contributed by atoms with Crippen molar-refractivity contribution in [2.45, 2.75) is 26.4 Å². The van der Waals surface area contributed by atoms with Crippen LogP contribution >= 0.6 is 0 Å². The first-order valence-corrected chi connectivity index (χ1v) is 4.44. The summed E-state index contributed by atoms with van der Waals surface area (Å²) in [7, 11) is 0. The molecule has 0 spiro atoms. The molecule has 0 saturated heterocycles. The van der Waals surface area contributed by atoms with Gasteiger partial charge in [0, 0.05) is 0 Å². The molecule has 0 saturated carbocycles. The number of benzene rings is 1. The van der Waals surface area contributed by atoms with Gasteiger partial charge in [-0.25, -0.2) is 4.79 Å². The second-order valence-corrected chi connectivity index (χ2v) is 3.93. The van der Waals surface area contributed by atoms with Crippen molar-refractivity contribution in [2.24, 2.45) is 0 Å². The van der Waals surface area contributed by atoms with E-state index in [4.69, 9.17) is 4.89 Å². The van der Waals surface area contributed by atoms with E-state index in [9.17, 15) is 4.79 Å². The Labute approximate surface area is 85.1 Å². The minimum Gasteiger partial charge on any atom is -0.292 e. The first-order chi connectivity index (χ1) is 6.49. The Balaban J connectivity index is 0.00000196. The number of hydrogen-bond donors (Lipinski definition) is 0. The number of carbonyl (C=O) groups excluding carboxylic acids is 1. The molecular weight excluding hydrogens is 180 g/mol. The van der Waals surface area contributed by atoms with Gasteiger partial charge in [0.2, 0.25) is 0 Å². The molecule has 76 valence electrons. The lowest BCUT2D eigenvalue weighted by molar-refractivity contribution is -0.301. The zero-order chi connectivity index (χ0) is 10.6. The molecule has 0 aliphatic carbocycles. The molecule has 0 fully saturated rings. The molecule has 0 bridgehead atoms. The van der Waals surface area contributed by atoms with E-state index in [1.54, 1.807) is 24.3 Å². The molecule has 0 amide bonds. The SMILES string of the molecule is CC(C)(C)OOC(=O)c1ccccc1.[H+]. The second-order valence-electron chi connectivity index (χ2n) is 3.93. The zero-order valence-corrected chi connectivity index (χ0v) is 8.61. The van der Waals surface area contributed by atoms with Gasteiger partial charge in [0.25, 0.3) is 0 Å². The first-order valence-electron chi connectivity index (χ1n) is 4.44. The Kier molecular flexibility index (Phi) is 3.25. The van der Waals surface area contributed by atoms with Gasteiger partial charge >= 0.3 is 7.40 Å². The Morgan fingerprint density at radius 1 is 1.21 bits per heavy atom. The molecule has 1 rings (SSSR count). The van der Waals surface area contributed by atoms with Gasteiger partial charge in [-0.3, -0.25) is 4.89 Å². The highest BCUT2D eigenvalue weighted by molar-refractivity contribution is 5.88. The lowest BCUT2D eigenvalue weighted by Crippen LogP contribution is -2.21. The summed E-state index contributed by atoms with van der Waals surface area (Å²) >= 11 is 0. The van der Waals surface area contributed by atoms with Crippen molar-refractivity contribution >= 4 is 5.97 Å². The van der Waals surface area contributed by atoms with Crippen molar-refractivity contribution in [3.05, 3.63) is 35.9 Å². The van der Waals surface area contributed by atoms with E-state index in [-0.39, 0.29) is 1.43 Å². The largest absolute Gasteiger partial charge is 1.00 e. The highest BCUT2D eigenvalue weighted by atomic mass is 17.2. The molecule has 0 aliphatic rings. The van der Waals surface area contributed by atoms with Crippen molar-refractivity contribution in [1.29, 1.82) is 0 Å². The number of carbonyl (C=O) groups is 1. The van der Waals surface area contributed by atoms with E-state index < -0.39 is 11.6 Å². The standard InChI is InChI=1S/C11H14O3/c1-11(2,3)14-13-10(12)9-7-5-4-6-8-9/h4-8H,1-3H3/p+1. The minimum absolute atomic E-state index is 0. The van der Waals surface area contributed by atoms with E-state index >= 15 is 0 Å². The van der Waals surface area contributed by atoms with Crippen LogP contribution in [0.2, 0.25) is 0 Å². The average molecular weight is 195 g/mol. The highest BCUT2D eigenvalue weighted by Gasteiger charge is 2.15. The molecule has 1 aromatic rings. The van der Waals surface area contributed by atoms with E-state index in [0.29, 0.717) is 5.56 Å². The third-order valence-electron chi connectivity index (χ3n) is 1.38. The fraction of sp³-hybridized carbons (Fsp3) is 0.364. The molecule has 3 nitrogen and oxygen atoms in total. The molecule has 3 heteroatoms. The van der Waals surface area contributed by atoms with Gasteiger partial charge in [-0.15, -0.1) is 0 Å². The third kappa shape index (κ3) is 3.58. The fourth-order valence-electron chi connectivity index (χ4n) is 0.785. The summed E-state index contributed by atoms with van der Waals surface area (Å²) in [5.74, 6) is -0.472. The molecule has 0 aliphatic heterocycles. The Morgan fingerprint density at radius 3 is 2.29 bits per heavy atom. The molecule has 0 aromatic heterocycles. The number of hydrogen-bond acceptors (Lipinski definition) is 3. The zero-order valence-electron chi connectivity index (χ0n) is 9.61. The normalized spacial score (nSPS) is 11.1. The van der Waals surface area contributed by atoms with Gasteiger partial charge < -0.3 is 0 Å². The van der Waals surface area contributed by atoms with Crippen LogP contribution in [0, 0.1) is 0 Å². The van der Waals surface area contributed by atoms with Crippen molar-refractivity contribution in [2.75, 3.05) is 0 Å². The average Bonchev–Trinajstić information content (AvgIpc) is 2.14. The predicted octanol–water partition coefficient (Wildman–Crippen LogP) is 2.69. The van der Waals surface area contributed by atoms with Gasteiger partial charge in [0.05, 0.1) is 5.56 Å². The maximum atomic E-state index is 11.3. The van der Waals surface area contributed by atoms with Crippen molar-refractivity contribution in [3.8, 4) is 0 Å². The minimum atomic E-state index is -0.482. The van der Waals surface area contributed by atoms with Crippen molar-refractivity contribution in [1.82, 2.24) is 0 Å². The highest BCUT2D eigenvalue weighted by Crippen LogP contribution is 2.09. The lowest BCUT2D eigenvalue weighted by Gasteiger charge is -2.16. The van der Waals surface area contributed by atoms with Gasteiger partial charge in [-0.05, 0) is 32.9 Å². The second kappa shape index (κ2) is 4.24. The first kappa shape index (κ1) is 10.7. The topological polar surface area (TPSA) is 35.5 Å². The third-order valence-corrected chi connectivity index (χ3v) is 1.38. The maximum Gasteiger partial charge on any atom is 1.00 e. The summed E-state index contributed by atoms with van der Waals surface area (Å²) < 4.78 is 0. The van der Waals surface area contributed by atoms with E-state index in [2.05, 4.69) is 4.89 Å². The lowest BCUT2D eigenvalue weighted by atomic mass is 10.2. The predicted molar refractivity (Wildman–Crippen MR) is 53.8 cm³/mol. The van der Waals surface area contributed by atoms with Crippen LogP contribution in [0.25, 0.3) is 0 Å². The summed E-state index contributed by atoms with van der Waals surface area (Å²) in [5.41, 5.74) is 0.00140. The quantitative estimate of drug-likeness (QED) is 0.537. The Hall–Kier alpha value is -1.35. The van der Waals surface area contributed by atoms with Crippen LogP contribution in [-0.4, -0.2) is 11.6 Å². The number of rotatable bonds is 2. The molecule has 1 aromatic carbocycles. The molecule has 0 unspecified atom stereocenters. The van der Waals surface area contributed by atoms with E-state index in [0.717, 1.165) is 0 Å². The molecule has 14 heavy (non-hydrogen) atoms. The smallest absolute Gasteiger partial charge is 0.292 e. The van der Waals surface area contributed by atoms with E-state index in [1.165, 1.54) is 0 Å². The van der Waals surface area contributed by atoms with Gasteiger partial charge in [-0.2, -0.15) is 4.89 Å². The van der Waals surface area contributed by atoms with Crippen LogP contribution < -0.4 is 0 Å². The summed E-state index contributed by atoms with van der Waals surface area (Å²) in [6.45, 7) is 5.43. The van der Waals surface area contributed by atoms with Gasteiger partial charge in [0.15, 0.2) is 0 Å². The van der Waals surface area contributed by atoms with Crippen LogP contribution in [-0.2, 0) is 9.78 Å². The molecule has 0 atom stereocenters. The van der Waals surface area contributed by atoms with Crippen molar-refractivity contribution in [3.63, 3.8) is 0 Å². The Morgan fingerprint density at radius 2 is 1.79 bits per heavy atom. The Bertz CT molecular complexity index is 303. The summed E-state index contributed by atoms with van der Waals surface area (Å²) in [5, 5.41) is 0. The molecular formula is C11H15O3+. The summed E-state index contributed by atoms with van der Waals surface area (Å²) in [6, 6.07) is 8.73. The maximum absolute atomic E-state index is 11.3. The molecule has 0 radical (unpaired) electrons. The van der Waals surface area contributed by atoms with Crippen LogP contribution in [0.4, 0.5) is 0 Å². The van der Waals surface area contributed by atoms with Gasteiger partial charge in [0.1, 0.15) is 5.60 Å². The van der Waals surface area contributed by atoms with Crippen molar-refractivity contribution < 1.29 is 16.0 Å². The van der Waals surface area contributed by atoms with Crippen LogP contribution in [0.15, 0.2) is 30.3 Å². The van der Waals surface area contributed by atoms with Crippen LogP contribution in [0.1, 0.15) is 32.6 Å². The molecule has 0 N–H and O–H groups in total. The summed E-state index contributed by atoms with van der Waals surface area (Å²) in [4.78, 5) is 20.9.